The molecule has 1 unspecified atom stereocenters. The fraction of sp³-hybridized carbons (Fsp3) is 0.0870. The smallest absolute Gasteiger partial charge is 0.208 e. The third-order valence-corrected chi connectivity index (χ3v) is 5.05. The van der Waals surface area contributed by atoms with Crippen LogP contribution >= 0.6 is 12.2 Å². The standard InChI is InChI=1S/C23H20N2OS/c26-23(20-14-8-3-9-15-20)21(16-18-10-4-1-5-11-18)24-22(27)25(23)17-19-12-6-2-7-13-19/h1-16,26H,17H2,(H,24,27)/b21-16-. The first kappa shape index (κ1) is 17.5. The predicted molar refractivity (Wildman–Crippen MR) is 112 cm³/mol. The lowest BCUT2D eigenvalue weighted by atomic mass is 9.97. The third kappa shape index (κ3) is 3.37. The van der Waals surface area contributed by atoms with E-state index in [4.69, 9.17) is 12.2 Å². The number of benzene rings is 3. The largest absolute Gasteiger partial charge is 0.362 e. The number of thiocarbonyl (C=S) groups is 1. The van der Waals surface area contributed by atoms with E-state index >= 15 is 0 Å². The second-order valence-electron chi connectivity index (χ2n) is 6.51. The summed E-state index contributed by atoms with van der Waals surface area (Å²) in [5, 5.41) is 15.6. The SMILES string of the molecule is OC1(c2ccccc2)/C(=C/c2ccccc2)NC(=S)N1Cc1ccccc1. The Morgan fingerprint density at radius 2 is 1.41 bits per heavy atom. The summed E-state index contributed by atoms with van der Waals surface area (Å²) >= 11 is 5.60. The molecular formula is C23H20N2OS. The van der Waals surface area contributed by atoms with E-state index in [1.54, 1.807) is 0 Å². The summed E-state index contributed by atoms with van der Waals surface area (Å²) in [5.74, 6) is 0. The average Bonchev–Trinajstić information content (AvgIpc) is 2.95. The van der Waals surface area contributed by atoms with E-state index in [0.29, 0.717) is 17.4 Å². The molecule has 4 heteroatoms. The average molecular weight is 372 g/mol. The minimum Gasteiger partial charge on any atom is -0.362 e. The highest BCUT2D eigenvalue weighted by molar-refractivity contribution is 7.80. The zero-order valence-corrected chi connectivity index (χ0v) is 15.6. The highest BCUT2D eigenvalue weighted by Crippen LogP contribution is 2.39. The van der Waals surface area contributed by atoms with Crippen molar-refractivity contribution in [3.8, 4) is 0 Å². The molecule has 1 saturated heterocycles. The summed E-state index contributed by atoms with van der Waals surface area (Å²) in [6.07, 6.45) is 1.95. The Bertz CT molecular complexity index is 957. The molecule has 1 aliphatic heterocycles. The minimum atomic E-state index is -1.36. The van der Waals surface area contributed by atoms with Gasteiger partial charge in [0.25, 0.3) is 0 Å². The number of hydrogen-bond donors (Lipinski definition) is 2. The van der Waals surface area contributed by atoms with Crippen molar-refractivity contribution in [1.82, 2.24) is 10.2 Å². The molecule has 1 atom stereocenters. The van der Waals surface area contributed by atoms with Crippen LogP contribution in [-0.2, 0) is 12.3 Å². The van der Waals surface area contributed by atoms with Gasteiger partial charge in [0.1, 0.15) is 0 Å². The highest BCUT2D eigenvalue weighted by atomic mass is 32.1. The van der Waals surface area contributed by atoms with E-state index in [1.165, 1.54) is 0 Å². The zero-order valence-electron chi connectivity index (χ0n) is 14.7. The number of nitrogens with one attached hydrogen (secondary N) is 1. The fourth-order valence-corrected chi connectivity index (χ4v) is 3.66. The van der Waals surface area contributed by atoms with Crippen molar-refractivity contribution in [3.63, 3.8) is 0 Å². The molecule has 0 aliphatic carbocycles. The Hall–Kier alpha value is -2.95. The molecular weight excluding hydrogens is 352 g/mol. The molecule has 1 aliphatic rings. The Balaban J connectivity index is 1.81. The van der Waals surface area contributed by atoms with Crippen LogP contribution in [0, 0.1) is 0 Å². The van der Waals surface area contributed by atoms with Gasteiger partial charge in [0.2, 0.25) is 5.72 Å². The van der Waals surface area contributed by atoms with Crippen molar-refractivity contribution in [2.45, 2.75) is 12.3 Å². The molecule has 1 fully saturated rings. The Morgan fingerprint density at radius 1 is 0.852 bits per heavy atom. The van der Waals surface area contributed by atoms with E-state index in [-0.39, 0.29) is 0 Å². The topological polar surface area (TPSA) is 35.5 Å². The van der Waals surface area contributed by atoms with Gasteiger partial charge >= 0.3 is 0 Å². The summed E-state index contributed by atoms with van der Waals surface area (Å²) in [6, 6.07) is 29.6. The van der Waals surface area contributed by atoms with Crippen molar-refractivity contribution in [2.75, 3.05) is 0 Å². The maximum atomic E-state index is 11.9. The van der Waals surface area contributed by atoms with Gasteiger partial charge in [-0.1, -0.05) is 91.0 Å². The summed E-state index contributed by atoms with van der Waals surface area (Å²) in [4.78, 5) is 1.84. The molecule has 3 aromatic carbocycles. The minimum absolute atomic E-state index is 0.504. The molecule has 1 heterocycles. The Labute approximate surface area is 164 Å². The number of aliphatic hydroxyl groups is 1. The maximum absolute atomic E-state index is 11.9. The Kier molecular flexibility index (Phi) is 4.75. The van der Waals surface area contributed by atoms with Crippen LogP contribution in [0.15, 0.2) is 96.7 Å². The quantitative estimate of drug-likeness (QED) is 0.671. The predicted octanol–water partition coefficient (Wildman–Crippen LogP) is 4.26. The summed E-state index contributed by atoms with van der Waals surface area (Å²) < 4.78 is 0. The molecule has 0 bridgehead atoms. The fourth-order valence-electron chi connectivity index (χ4n) is 3.35. The molecule has 134 valence electrons. The lowest BCUT2D eigenvalue weighted by molar-refractivity contribution is -0.0326. The molecule has 4 rings (SSSR count). The van der Waals surface area contributed by atoms with Gasteiger partial charge in [0.15, 0.2) is 5.11 Å². The van der Waals surface area contributed by atoms with Crippen molar-refractivity contribution >= 4 is 23.4 Å². The van der Waals surface area contributed by atoms with Crippen molar-refractivity contribution in [2.24, 2.45) is 0 Å². The van der Waals surface area contributed by atoms with Crippen LogP contribution < -0.4 is 5.32 Å². The second kappa shape index (κ2) is 7.35. The van der Waals surface area contributed by atoms with Gasteiger partial charge in [-0.3, -0.25) is 0 Å². The number of rotatable bonds is 4. The van der Waals surface area contributed by atoms with Gasteiger partial charge in [-0.25, -0.2) is 0 Å². The van der Waals surface area contributed by atoms with Crippen LogP contribution in [0.4, 0.5) is 0 Å². The molecule has 3 aromatic rings. The zero-order chi connectivity index (χ0) is 18.7. The van der Waals surface area contributed by atoms with Crippen LogP contribution in [0.3, 0.4) is 0 Å². The van der Waals surface area contributed by atoms with Gasteiger partial charge in [0.05, 0.1) is 5.70 Å². The first-order valence-corrected chi connectivity index (χ1v) is 9.26. The van der Waals surface area contributed by atoms with Gasteiger partial charge in [-0.15, -0.1) is 0 Å². The van der Waals surface area contributed by atoms with Crippen LogP contribution in [0.2, 0.25) is 0 Å². The van der Waals surface area contributed by atoms with Gasteiger partial charge in [-0.2, -0.15) is 0 Å². The first-order valence-electron chi connectivity index (χ1n) is 8.85. The van der Waals surface area contributed by atoms with E-state index in [0.717, 1.165) is 16.7 Å². The molecule has 27 heavy (non-hydrogen) atoms. The maximum Gasteiger partial charge on any atom is 0.208 e. The van der Waals surface area contributed by atoms with Crippen LogP contribution in [-0.4, -0.2) is 15.1 Å². The van der Waals surface area contributed by atoms with Crippen LogP contribution in [0.5, 0.6) is 0 Å². The van der Waals surface area contributed by atoms with Crippen molar-refractivity contribution in [3.05, 3.63) is 113 Å². The van der Waals surface area contributed by atoms with E-state index in [2.05, 4.69) is 5.32 Å². The van der Waals surface area contributed by atoms with E-state index < -0.39 is 5.72 Å². The van der Waals surface area contributed by atoms with Gasteiger partial charge < -0.3 is 15.3 Å². The molecule has 3 nitrogen and oxygen atoms in total. The summed E-state index contributed by atoms with van der Waals surface area (Å²) in [7, 11) is 0. The molecule has 0 amide bonds. The monoisotopic (exact) mass is 372 g/mol. The van der Waals surface area contributed by atoms with E-state index in [9.17, 15) is 5.11 Å². The first-order chi connectivity index (χ1) is 13.2. The van der Waals surface area contributed by atoms with Crippen molar-refractivity contribution in [1.29, 1.82) is 0 Å². The molecule has 2 N–H and O–H groups in total. The Morgan fingerprint density at radius 3 is 2.04 bits per heavy atom. The van der Waals surface area contributed by atoms with Crippen LogP contribution in [0.1, 0.15) is 16.7 Å². The molecule has 0 aromatic heterocycles. The lowest BCUT2D eigenvalue weighted by Gasteiger charge is -2.34. The number of hydrogen-bond acceptors (Lipinski definition) is 2. The molecule has 0 radical (unpaired) electrons. The second-order valence-corrected chi connectivity index (χ2v) is 6.90. The normalized spacial score (nSPS) is 20.7. The third-order valence-electron chi connectivity index (χ3n) is 4.72. The van der Waals surface area contributed by atoms with E-state index in [1.807, 2.05) is 102 Å². The van der Waals surface area contributed by atoms with Crippen molar-refractivity contribution < 1.29 is 5.11 Å². The van der Waals surface area contributed by atoms with Gasteiger partial charge in [0, 0.05) is 12.1 Å². The lowest BCUT2D eigenvalue weighted by Crippen LogP contribution is -2.43. The highest BCUT2D eigenvalue weighted by Gasteiger charge is 2.47. The molecule has 0 spiro atoms. The van der Waals surface area contributed by atoms with Gasteiger partial charge in [-0.05, 0) is 29.4 Å². The molecule has 0 saturated carbocycles. The van der Waals surface area contributed by atoms with Crippen LogP contribution in [0.25, 0.3) is 6.08 Å². The number of nitrogens with zero attached hydrogens (tertiary/aromatic N) is 1. The summed E-state index contributed by atoms with van der Waals surface area (Å²) in [6.45, 7) is 0.504. The summed E-state index contributed by atoms with van der Waals surface area (Å²) in [5.41, 5.74) is 2.15.